The highest BCUT2D eigenvalue weighted by atomic mass is 19.4. The van der Waals surface area contributed by atoms with E-state index in [1.54, 1.807) is 0 Å². The molecular weight excluding hydrogens is 429 g/mol. The number of anilines is 2. The van der Waals surface area contributed by atoms with Crippen molar-refractivity contribution in [1.29, 1.82) is 0 Å². The lowest BCUT2D eigenvalue weighted by Crippen LogP contribution is -2.18. The van der Waals surface area contributed by atoms with E-state index in [0.29, 0.717) is 5.82 Å². The number of carbonyl (C=O) groups excluding carboxylic acids is 2. The maximum atomic E-state index is 13.5. The molecule has 0 aliphatic heterocycles. The molecule has 3 rings (SSSR count). The maximum absolute atomic E-state index is 13.5. The van der Waals surface area contributed by atoms with E-state index in [-0.39, 0.29) is 35.4 Å². The van der Waals surface area contributed by atoms with Gasteiger partial charge in [-0.3, -0.25) is 9.59 Å². The molecule has 0 bridgehead atoms. The van der Waals surface area contributed by atoms with Crippen molar-refractivity contribution in [2.45, 2.75) is 45.2 Å². The average molecular weight is 450 g/mol. The molecule has 0 unspecified atom stereocenters. The van der Waals surface area contributed by atoms with Crippen molar-refractivity contribution in [3.05, 3.63) is 59.6 Å². The zero-order valence-corrected chi connectivity index (χ0v) is 17.5. The molecule has 2 heterocycles. The van der Waals surface area contributed by atoms with Crippen molar-refractivity contribution >= 4 is 23.2 Å². The largest absolute Gasteiger partial charge is 0.472 e. The fourth-order valence-electron chi connectivity index (χ4n) is 2.66. The lowest BCUT2D eigenvalue weighted by molar-refractivity contribution is -0.136. The van der Waals surface area contributed by atoms with E-state index in [2.05, 4.69) is 20.8 Å². The molecule has 0 spiro atoms. The van der Waals surface area contributed by atoms with Gasteiger partial charge in [0.05, 0.1) is 23.1 Å². The van der Waals surface area contributed by atoms with Crippen molar-refractivity contribution in [3.8, 4) is 0 Å². The summed E-state index contributed by atoms with van der Waals surface area (Å²) in [6.45, 7) is 5.69. The summed E-state index contributed by atoms with van der Waals surface area (Å²) < 4.78 is 50.5. The number of nitrogens with one attached hydrogen (secondary N) is 2. The molecule has 0 atom stereocenters. The minimum absolute atomic E-state index is 0.0785. The molecule has 2 amide bonds. The van der Waals surface area contributed by atoms with Gasteiger partial charge in [-0.25, -0.2) is 0 Å². The van der Waals surface area contributed by atoms with Gasteiger partial charge in [-0.1, -0.05) is 25.9 Å². The van der Waals surface area contributed by atoms with E-state index < -0.39 is 29.2 Å². The lowest BCUT2D eigenvalue weighted by atomic mass is 9.96. The second-order valence-corrected chi connectivity index (χ2v) is 8.03. The number of aryl methyl sites for hydroxylation is 1. The first kappa shape index (κ1) is 23.0. The van der Waals surface area contributed by atoms with Gasteiger partial charge in [0.1, 0.15) is 6.26 Å². The molecule has 170 valence electrons. The maximum Gasteiger partial charge on any atom is 0.418 e. The second-order valence-electron chi connectivity index (χ2n) is 8.03. The van der Waals surface area contributed by atoms with E-state index in [1.165, 1.54) is 24.7 Å². The van der Waals surface area contributed by atoms with Crippen molar-refractivity contribution in [3.63, 3.8) is 0 Å². The van der Waals surface area contributed by atoms with Crippen LogP contribution in [-0.4, -0.2) is 22.0 Å². The molecule has 0 aliphatic carbocycles. The van der Waals surface area contributed by atoms with Gasteiger partial charge in [0.15, 0.2) is 5.82 Å². The number of furan rings is 1. The van der Waals surface area contributed by atoms with Gasteiger partial charge in [-0.2, -0.15) is 18.2 Å². The molecule has 8 nitrogen and oxygen atoms in total. The minimum Gasteiger partial charge on any atom is -0.472 e. The van der Waals surface area contributed by atoms with Crippen LogP contribution >= 0.6 is 0 Å². The third kappa shape index (κ3) is 5.74. The molecule has 11 heteroatoms. The number of hydrogen-bond donors (Lipinski definition) is 2. The number of amides is 2. The Morgan fingerprint density at radius 1 is 1.09 bits per heavy atom. The number of nitrogens with zero attached hydrogens (tertiary/aromatic N) is 2. The summed E-state index contributed by atoms with van der Waals surface area (Å²) in [6.07, 6.45) is -2.39. The number of rotatable bonds is 6. The Hall–Kier alpha value is -3.63. The van der Waals surface area contributed by atoms with Gasteiger partial charge in [0.25, 0.3) is 5.91 Å². The van der Waals surface area contributed by atoms with Crippen molar-refractivity contribution in [2.24, 2.45) is 0 Å². The third-order valence-corrected chi connectivity index (χ3v) is 4.35. The number of hydrogen-bond acceptors (Lipinski definition) is 6. The van der Waals surface area contributed by atoms with Gasteiger partial charge in [-0.15, -0.1) is 0 Å². The van der Waals surface area contributed by atoms with Crippen molar-refractivity contribution in [1.82, 2.24) is 10.1 Å². The zero-order valence-electron chi connectivity index (χ0n) is 17.5. The Balaban J connectivity index is 1.69. The molecule has 2 N–H and O–H groups in total. The molecule has 1 aromatic carbocycles. The van der Waals surface area contributed by atoms with Crippen molar-refractivity contribution in [2.75, 3.05) is 10.6 Å². The summed E-state index contributed by atoms with van der Waals surface area (Å²) in [4.78, 5) is 28.5. The SMILES string of the molecule is CC(C)(C)c1noc(CCC(=O)Nc2ccc(NC(=O)c3ccoc3)cc2C(F)(F)F)n1. The summed E-state index contributed by atoms with van der Waals surface area (Å²) in [7, 11) is 0. The normalized spacial score (nSPS) is 11.9. The lowest BCUT2D eigenvalue weighted by Gasteiger charge is -2.15. The highest BCUT2D eigenvalue weighted by Crippen LogP contribution is 2.36. The van der Waals surface area contributed by atoms with Gasteiger partial charge in [0.2, 0.25) is 11.8 Å². The van der Waals surface area contributed by atoms with E-state index in [1.807, 2.05) is 20.8 Å². The van der Waals surface area contributed by atoms with Crippen LogP contribution in [0.5, 0.6) is 0 Å². The number of benzene rings is 1. The van der Waals surface area contributed by atoms with Gasteiger partial charge < -0.3 is 19.6 Å². The van der Waals surface area contributed by atoms with Crippen LogP contribution in [0, 0.1) is 0 Å². The van der Waals surface area contributed by atoms with E-state index >= 15 is 0 Å². The predicted molar refractivity (Wildman–Crippen MR) is 108 cm³/mol. The fourth-order valence-corrected chi connectivity index (χ4v) is 2.66. The van der Waals surface area contributed by atoms with Gasteiger partial charge >= 0.3 is 6.18 Å². The highest BCUT2D eigenvalue weighted by molar-refractivity contribution is 6.04. The second kappa shape index (κ2) is 8.85. The first-order valence-corrected chi connectivity index (χ1v) is 9.61. The first-order valence-electron chi connectivity index (χ1n) is 9.61. The van der Waals surface area contributed by atoms with Crippen LogP contribution in [0.3, 0.4) is 0 Å². The first-order chi connectivity index (χ1) is 14.9. The predicted octanol–water partition coefficient (Wildman–Crippen LogP) is 4.80. The third-order valence-electron chi connectivity index (χ3n) is 4.35. The van der Waals surface area contributed by atoms with Gasteiger partial charge in [-0.05, 0) is 24.3 Å². The fraction of sp³-hybridized carbons (Fsp3) is 0.333. The highest BCUT2D eigenvalue weighted by Gasteiger charge is 2.34. The molecule has 0 saturated carbocycles. The molecule has 0 fully saturated rings. The molecule has 2 aromatic heterocycles. The van der Waals surface area contributed by atoms with Crippen LogP contribution in [0.25, 0.3) is 0 Å². The number of halogens is 3. The van der Waals surface area contributed by atoms with Crippen LogP contribution in [-0.2, 0) is 22.8 Å². The number of alkyl halides is 3. The summed E-state index contributed by atoms with van der Waals surface area (Å²) in [6, 6.07) is 4.47. The minimum atomic E-state index is -4.76. The Labute approximate surface area is 181 Å². The number of aromatic nitrogens is 2. The monoisotopic (exact) mass is 450 g/mol. The van der Waals surface area contributed by atoms with Crippen LogP contribution in [0.2, 0.25) is 0 Å². The molecule has 0 aliphatic rings. The Morgan fingerprint density at radius 3 is 2.44 bits per heavy atom. The summed E-state index contributed by atoms with van der Waals surface area (Å²) in [5.41, 5.74) is -1.78. The molecule has 32 heavy (non-hydrogen) atoms. The molecule has 3 aromatic rings. The molecule has 0 saturated heterocycles. The van der Waals surface area contributed by atoms with Crippen LogP contribution in [0.4, 0.5) is 24.5 Å². The standard InChI is InChI=1S/C21H21F3N4O4/c1-20(2,3)19-27-17(32-28-19)7-6-16(29)26-15-5-4-13(10-14(15)21(22,23)24)25-18(30)12-8-9-31-11-12/h4-5,8-11H,6-7H2,1-3H3,(H,25,30)(H,26,29). The smallest absolute Gasteiger partial charge is 0.418 e. The van der Waals surface area contributed by atoms with Crippen LogP contribution in [0.1, 0.15) is 54.8 Å². The Kier molecular flexibility index (Phi) is 6.37. The van der Waals surface area contributed by atoms with E-state index in [9.17, 15) is 22.8 Å². The van der Waals surface area contributed by atoms with Gasteiger partial charge in [0, 0.05) is 23.9 Å². The van der Waals surface area contributed by atoms with E-state index in [0.717, 1.165) is 12.1 Å². The topological polar surface area (TPSA) is 110 Å². The zero-order chi connectivity index (χ0) is 23.5. The summed E-state index contributed by atoms with van der Waals surface area (Å²) >= 11 is 0. The summed E-state index contributed by atoms with van der Waals surface area (Å²) in [5, 5.41) is 8.46. The summed E-state index contributed by atoms with van der Waals surface area (Å²) in [5.74, 6) is -0.585. The quantitative estimate of drug-likeness (QED) is 0.558. The average Bonchev–Trinajstić information content (AvgIpc) is 3.38. The number of carbonyl (C=O) groups is 2. The van der Waals surface area contributed by atoms with Crippen LogP contribution in [0.15, 0.2) is 45.7 Å². The van der Waals surface area contributed by atoms with Crippen LogP contribution < -0.4 is 10.6 Å². The molecule has 0 radical (unpaired) electrons. The Bertz CT molecular complexity index is 1100. The van der Waals surface area contributed by atoms with E-state index in [4.69, 9.17) is 8.94 Å². The van der Waals surface area contributed by atoms with Crippen molar-refractivity contribution < 1.29 is 31.7 Å². The Morgan fingerprint density at radius 2 is 1.84 bits per heavy atom. The molecular formula is C21H21F3N4O4.